The number of pyridine rings is 1. The fraction of sp³-hybridized carbons (Fsp3) is 0.350. The van der Waals surface area contributed by atoms with E-state index < -0.39 is 15.3 Å². The minimum atomic E-state index is -4.35. The number of aryl methyl sites for hydroxylation is 1. The van der Waals surface area contributed by atoms with Crippen molar-refractivity contribution in [3.8, 4) is 0 Å². The third kappa shape index (κ3) is 6.73. The van der Waals surface area contributed by atoms with Gasteiger partial charge < -0.3 is 15.4 Å². The van der Waals surface area contributed by atoms with E-state index in [1.54, 1.807) is 33.0 Å². The molecule has 0 aliphatic rings. The number of nitrogens with one attached hydrogen (secondary N) is 3. The van der Waals surface area contributed by atoms with Crippen molar-refractivity contribution in [3.63, 3.8) is 0 Å². The molecule has 162 valence electrons. The standard InChI is InChI=1S/C20H26N4O5S/c1-5-19(25)29-13-24-10-9-17(22-16-8-6-7-15(4)11-16)18(12-24)23-30(27,28)20(26)21-14(2)3/h6-12,14,23H,5,13H2,1-4H3,(H,21,26)/p+1. The second-order valence-corrected chi connectivity index (χ2v) is 8.55. The van der Waals surface area contributed by atoms with Crippen molar-refractivity contribution in [1.29, 1.82) is 0 Å². The van der Waals surface area contributed by atoms with Crippen molar-refractivity contribution >= 4 is 38.3 Å². The first-order valence-corrected chi connectivity index (χ1v) is 10.9. The highest BCUT2D eigenvalue weighted by atomic mass is 32.2. The van der Waals surface area contributed by atoms with Gasteiger partial charge in [0.1, 0.15) is 5.69 Å². The Balaban J connectivity index is 2.35. The zero-order valence-electron chi connectivity index (χ0n) is 17.4. The molecule has 0 aliphatic heterocycles. The highest BCUT2D eigenvalue weighted by molar-refractivity contribution is 8.07. The van der Waals surface area contributed by atoms with Gasteiger partial charge >= 0.3 is 21.2 Å². The summed E-state index contributed by atoms with van der Waals surface area (Å²) in [6.45, 7) is 6.85. The molecule has 1 aromatic heterocycles. The van der Waals surface area contributed by atoms with Crippen molar-refractivity contribution in [2.75, 3.05) is 10.0 Å². The molecule has 0 atom stereocenters. The molecule has 0 aliphatic carbocycles. The van der Waals surface area contributed by atoms with Crippen LogP contribution in [-0.4, -0.2) is 25.7 Å². The highest BCUT2D eigenvalue weighted by Gasteiger charge is 2.25. The average molecular weight is 436 g/mol. The van der Waals surface area contributed by atoms with Crippen molar-refractivity contribution < 1.29 is 27.3 Å². The molecule has 0 radical (unpaired) electrons. The summed E-state index contributed by atoms with van der Waals surface area (Å²) in [4.78, 5) is 23.5. The van der Waals surface area contributed by atoms with Gasteiger partial charge in [-0.1, -0.05) is 19.1 Å². The molecule has 0 unspecified atom stereocenters. The molecule has 1 amide bonds. The van der Waals surface area contributed by atoms with Crippen LogP contribution in [0.15, 0.2) is 42.7 Å². The first-order chi connectivity index (χ1) is 14.1. The molecule has 0 spiro atoms. The van der Waals surface area contributed by atoms with Gasteiger partial charge in [-0.3, -0.25) is 14.3 Å². The number of ether oxygens (including phenoxy) is 1. The number of hydrogen-bond donors (Lipinski definition) is 3. The van der Waals surface area contributed by atoms with Gasteiger partial charge in [0.05, 0.1) is 5.69 Å². The van der Waals surface area contributed by atoms with Crippen molar-refractivity contribution in [1.82, 2.24) is 5.32 Å². The fourth-order valence-corrected chi connectivity index (χ4v) is 3.38. The Kier molecular flexibility index (Phi) is 7.76. The Morgan fingerprint density at radius 1 is 1.17 bits per heavy atom. The van der Waals surface area contributed by atoms with Gasteiger partial charge in [0.25, 0.3) is 6.73 Å². The molecular formula is C20H27N4O5S+. The number of anilines is 3. The smallest absolute Gasteiger partial charge is 0.357 e. The minimum Gasteiger partial charge on any atom is -0.405 e. The summed E-state index contributed by atoms with van der Waals surface area (Å²) in [7, 11) is -4.35. The van der Waals surface area contributed by atoms with Gasteiger partial charge in [-0.15, -0.1) is 0 Å². The first kappa shape index (κ1) is 23.1. The van der Waals surface area contributed by atoms with Crippen molar-refractivity contribution in [3.05, 3.63) is 48.3 Å². The number of nitrogens with zero attached hydrogens (tertiary/aromatic N) is 1. The van der Waals surface area contributed by atoms with Crippen LogP contribution in [-0.2, 0) is 26.3 Å². The summed E-state index contributed by atoms with van der Waals surface area (Å²) < 4.78 is 33.8. The van der Waals surface area contributed by atoms with Gasteiger partial charge in [0.15, 0.2) is 12.4 Å². The maximum absolute atomic E-state index is 12.5. The lowest BCUT2D eigenvalue weighted by Crippen LogP contribution is -2.39. The molecule has 0 saturated carbocycles. The normalized spacial score (nSPS) is 11.1. The largest absolute Gasteiger partial charge is 0.405 e. The van der Waals surface area contributed by atoms with Crippen LogP contribution in [0.5, 0.6) is 0 Å². The van der Waals surface area contributed by atoms with Gasteiger partial charge in [-0.05, 0) is 38.5 Å². The lowest BCUT2D eigenvalue weighted by atomic mass is 10.2. The predicted octanol–water partition coefficient (Wildman–Crippen LogP) is 2.80. The average Bonchev–Trinajstić information content (AvgIpc) is 2.67. The van der Waals surface area contributed by atoms with Crippen LogP contribution in [0, 0.1) is 6.92 Å². The number of amides is 1. The molecule has 3 N–H and O–H groups in total. The van der Waals surface area contributed by atoms with Gasteiger partial charge in [0, 0.05) is 24.2 Å². The van der Waals surface area contributed by atoms with E-state index in [4.69, 9.17) is 4.74 Å². The number of sulfonamides is 1. The summed E-state index contributed by atoms with van der Waals surface area (Å²) in [6.07, 6.45) is 3.30. The number of esters is 1. The molecule has 1 aromatic carbocycles. The summed E-state index contributed by atoms with van der Waals surface area (Å²) in [6, 6.07) is 8.82. The Hall–Kier alpha value is -3.14. The van der Waals surface area contributed by atoms with Gasteiger partial charge in [0.2, 0.25) is 0 Å². The lowest BCUT2D eigenvalue weighted by Gasteiger charge is -2.14. The minimum absolute atomic E-state index is 0.0929. The van der Waals surface area contributed by atoms with Crippen molar-refractivity contribution in [2.45, 2.75) is 46.9 Å². The fourth-order valence-electron chi connectivity index (χ4n) is 2.44. The number of hydrogen-bond acceptors (Lipinski definition) is 6. The van der Waals surface area contributed by atoms with E-state index in [1.807, 2.05) is 31.2 Å². The summed E-state index contributed by atoms with van der Waals surface area (Å²) in [5.74, 6) is -0.386. The van der Waals surface area contributed by atoms with Crippen LogP contribution in [0.2, 0.25) is 0 Å². The Morgan fingerprint density at radius 3 is 2.53 bits per heavy atom. The molecule has 9 nitrogen and oxygen atoms in total. The third-order valence-electron chi connectivity index (χ3n) is 3.87. The SMILES string of the molecule is CCC(=O)OC[n+]1ccc(Nc2cccc(C)c2)c(NS(=O)(=O)C(=O)NC(C)C)c1. The van der Waals surface area contributed by atoms with E-state index in [0.29, 0.717) is 5.69 Å². The second kappa shape index (κ2) is 10.1. The van der Waals surface area contributed by atoms with E-state index in [2.05, 4.69) is 15.4 Å². The van der Waals surface area contributed by atoms with E-state index in [0.717, 1.165) is 11.3 Å². The summed E-state index contributed by atoms with van der Waals surface area (Å²) in [5, 5.41) is 4.36. The molecule has 30 heavy (non-hydrogen) atoms. The summed E-state index contributed by atoms with van der Waals surface area (Å²) in [5.41, 5.74) is 2.33. The second-order valence-electron chi connectivity index (χ2n) is 6.97. The maximum Gasteiger partial charge on any atom is 0.357 e. The van der Waals surface area contributed by atoms with E-state index in [9.17, 15) is 18.0 Å². The molecule has 2 aromatic rings. The molecule has 2 rings (SSSR count). The Labute approximate surface area is 176 Å². The number of carbonyl (C=O) groups is 2. The van der Waals surface area contributed by atoms with E-state index in [-0.39, 0.29) is 30.9 Å². The van der Waals surface area contributed by atoms with Crippen LogP contribution in [0.25, 0.3) is 0 Å². The molecule has 0 saturated heterocycles. The molecule has 10 heteroatoms. The van der Waals surface area contributed by atoms with Crippen molar-refractivity contribution in [2.24, 2.45) is 0 Å². The predicted molar refractivity (Wildman–Crippen MR) is 114 cm³/mol. The van der Waals surface area contributed by atoms with Gasteiger partial charge in [-0.25, -0.2) is 0 Å². The quantitative estimate of drug-likeness (QED) is 0.434. The highest BCUT2D eigenvalue weighted by Crippen LogP contribution is 2.25. The van der Waals surface area contributed by atoms with E-state index >= 15 is 0 Å². The topological polar surface area (TPSA) is 117 Å². The molecule has 0 bridgehead atoms. The Morgan fingerprint density at radius 2 is 1.90 bits per heavy atom. The van der Waals surface area contributed by atoms with Crippen LogP contribution in [0.1, 0.15) is 32.8 Å². The number of carbonyl (C=O) groups excluding carboxylic acids is 2. The molecule has 0 fully saturated rings. The zero-order valence-corrected chi connectivity index (χ0v) is 18.2. The maximum atomic E-state index is 12.5. The zero-order chi connectivity index (χ0) is 22.3. The monoisotopic (exact) mass is 435 g/mol. The number of benzene rings is 1. The third-order valence-corrected chi connectivity index (χ3v) is 4.97. The van der Waals surface area contributed by atoms with Crippen LogP contribution in [0.4, 0.5) is 21.9 Å². The first-order valence-electron chi connectivity index (χ1n) is 9.46. The number of aromatic nitrogens is 1. The van der Waals surface area contributed by atoms with Crippen LogP contribution in [0.3, 0.4) is 0 Å². The van der Waals surface area contributed by atoms with Crippen LogP contribution >= 0.6 is 0 Å². The van der Waals surface area contributed by atoms with E-state index in [1.165, 1.54) is 10.8 Å². The molecular weight excluding hydrogens is 408 g/mol. The van der Waals surface area contributed by atoms with Crippen LogP contribution < -0.4 is 19.9 Å². The Bertz CT molecular complexity index is 1020. The number of rotatable bonds is 8. The van der Waals surface area contributed by atoms with Gasteiger partial charge in [-0.2, -0.15) is 13.0 Å². The summed E-state index contributed by atoms with van der Waals surface area (Å²) >= 11 is 0. The molecule has 1 heterocycles. The lowest BCUT2D eigenvalue weighted by molar-refractivity contribution is -0.726.